The van der Waals surface area contributed by atoms with Crippen molar-refractivity contribution in [2.75, 3.05) is 27.2 Å². The van der Waals surface area contributed by atoms with E-state index in [1.165, 1.54) is 0 Å². The van der Waals surface area contributed by atoms with E-state index in [0.717, 1.165) is 12.1 Å². The lowest BCUT2D eigenvalue weighted by atomic mass is 10.1. The lowest BCUT2D eigenvalue weighted by molar-refractivity contribution is 0.0679. The molecule has 1 atom stereocenters. The van der Waals surface area contributed by atoms with Gasteiger partial charge in [-0.15, -0.1) is 11.6 Å². The molecule has 106 valence electrons. The summed E-state index contributed by atoms with van der Waals surface area (Å²) in [4.78, 5) is 16.5. The molecule has 1 aromatic carbocycles. The van der Waals surface area contributed by atoms with Gasteiger partial charge in [0.2, 0.25) is 0 Å². The lowest BCUT2D eigenvalue weighted by Crippen LogP contribution is -2.43. The van der Waals surface area contributed by atoms with E-state index in [0.29, 0.717) is 18.0 Å². The van der Waals surface area contributed by atoms with Crippen LogP contribution in [-0.4, -0.2) is 48.9 Å². The summed E-state index contributed by atoms with van der Waals surface area (Å²) < 4.78 is 0. The van der Waals surface area contributed by atoms with Gasteiger partial charge in [0, 0.05) is 30.6 Å². The van der Waals surface area contributed by atoms with Gasteiger partial charge in [0.1, 0.15) is 0 Å². The summed E-state index contributed by atoms with van der Waals surface area (Å²) in [6, 6.07) is 7.73. The van der Waals surface area contributed by atoms with Crippen LogP contribution in [-0.2, 0) is 5.88 Å². The Balaban J connectivity index is 2.88. The average Bonchev–Trinajstić information content (AvgIpc) is 2.38. The number of amides is 1. The first-order chi connectivity index (χ1) is 8.99. The highest BCUT2D eigenvalue weighted by atomic mass is 35.5. The molecule has 0 bridgehead atoms. The number of hydrogen-bond acceptors (Lipinski definition) is 2. The number of likely N-dealkylation sites (N-methyl/N-ethyl adjacent to an activating group) is 2. The standard InChI is InChI=1S/C15H23ClN2O/c1-5-18(12(2)11-17(3)4)15(19)14-8-6-7-13(9-14)10-16/h6-9,12H,5,10-11H2,1-4H3. The topological polar surface area (TPSA) is 23.6 Å². The number of rotatable bonds is 6. The fourth-order valence-electron chi connectivity index (χ4n) is 2.24. The molecule has 4 heteroatoms. The van der Waals surface area contributed by atoms with E-state index in [1.54, 1.807) is 0 Å². The first kappa shape index (κ1) is 16.0. The number of carbonyl (C=O) groups excluding carboxylic acids is 1. The number of nitrogens with zero attached hydrogens (tertiary/aromatic N) is 2. The largest absolute Gasteiger partial charge is 0.335 e. The molecule has 3 nitrogen and oxygen atoms in total. The van der Waals surface area contributed by atoms with Crippen LogP contribution in [0.5, 0.6) is 0 Å². The maximum atomic E-state index is 12.5. The smallest absolute Gasteiger partial charge is 0.254 e. The monoisotopic (exact) mass is 282 g/mol. The molecule has 1 unspecified atom stereocenters. The van der Waals surface area contributed by atoms with Gasteiger partial charge in [0.05, 0.1) is 0 Å². The highest BCUT2D eigenvalue weighted by Crippen LogP contribution is 2.12. The second kappa shape index (κ2) is 7.51. The van der Waals surface area contributed by atoms with Gasteiger partial charge in [-0.2, -0.15) is 0 Å². The predicted molar refractivity (Wildman–Crippen MR) is 80.7 cm³/mol. The van der Waals surface area contributed by atoms with Crippen LogP contribution in [0.25, 0.3) is 0 Å². The minimum atomic E-state index is 0.0730. The van der Waals surface area contributed by atoms with Crippen LogP contribution in [0, 0.1) is 0 Å². The molecule has 0 N–H and O–H groups in total. The maximum Gasteiger partial charge on any atom is 0.254 e. The molecule has 0 heterocycles. The minimum Gasteiger partial charge on any atom is -0.335 e. The molecule has 0 radical (unpaired) electrons. The molecule has 19 heavy (non-hydrogen) atoms. The van der Waals surface area contributed by atoms with Gasteiger partial charge in [0.15, 0.2) is 0 Å². The van der Waals surface area contributed by atoms with Crippen LogP contribution in [0.3, 0.4) is 0 Å². The third-order valence-electron chi connectivity index (χ3n) is 3.09. The number of halogens is 1. The normalized spacial score (nSPS) is 12.5. The van der Waals surface area contributed by atoms with Crippen molar-refractivity contribution in [3.05, 3.63) is 35.4 Å². The van der Waals surface area contributed by atoms with Crippen molar-refractivity contribution >= 4 is 17.5 Å². The second-order valence-corrected chi connectivity index (χ2v) is 5.30. The summed E-state index contributed by atoms with van der Waals surface area (Å²) in [5.41, 5.74) is 1.69. The van der Waals surface area contributed by atoms with Gasteiger partial charge in [0.25, 0.3) is 5.91 Å². The molecule has 0 saturated carbocycles. The zero-order chi connectivity index (χ0) is 14.4. The zero-order valence-corrected chi connectivity index (χ0v) is 12.9. The summed E-state index contributed by atoms with van der Waals surface area (Å²) in [5, 5.41) is 0. The Hall–Kier alpha value is -1.06. The molecule has 0 aliphatic rings. The molecule has 1 aromatic rings. The van der Waals surface area contributed by atoms with E-state index < -0.39 is 0 Å². The quantitative estimate of drug-likeness (QED) is 0.749. The SMILES string of the molecule is CCN(C(=O)c1cccc(CCl)c1)C(C)CN(C)C. The molecular weight excluding hydrogens is 260 g/mol. The second-order valence-electron chi connectivity index (χ2n) is 5.04. The third kappa shape index (κ3) is 4.51. The van der Waals surface area contributed by atoms with Gasteiger partial charge in [-0.25, -0.2) is 0 Å². The van der Waals surface area contributed by atoms with Crippen molar-refractivity contribution < 1.29 is 4.79 Å². The number of carbonyl (C=O) groups is 1. The first-order valence-electron chi connectivity index (χ1n) is 6.60. The van der Waals surface area contributed by atoms with Crippen LogP contribution in [0.1, 0.15) is 29.8 Å². The molecule has 0 aliphatic heterocycles. The van der Waals surface area contributed by atoms with Crippen molar-refractivity contribution in [1.29, 1.82) is 0 Å². The molecule has 0 aliphatic carbocycles. The van der Waals surface area contributed by atoms with Crippen LogP contribution >= 0.6 is 11.6 Å². The van der Waals surface area contributed by atoms with Gasteiger partial charge in [-0.05, 0) is 45.6 Å². The molecule has 0 fully saturated rings. The fourth-order valence-corrected chi connectivity index (χ4v) is 2.40. The molecule has 0 spiro atoms. The summed E-state index contributed by atoms with van der Waals surface area (Å²) in [5.74, 6) is 0.504. The maximum absolute atomic E-state index is 12.5. The Morgan fingerprint density at radius 2 is 2.05 bits per heavy atom. The predicted octanol–water partition coefficient (Wildman–Crippen LogP) is 2.84. The summed E-state index contributed by atoms with van der Waals surface area (Å²) >= 11 is 5.82. The number of alkyl halides is 1. The van der Waals surface area contributed by atoms with Gasteiger partial charge in [-0.1, -0.05) is 12.1 Å². The Labute approximate surface area is 121 Å². The van der Waals surface area contributed by atoms with E-state index in [-0.39, 0.29) is 11.9 Å². The van der Waals surface area contributed by atoms with Crippen LogP contribution in [0.15, 0.2) is 24.3 Å². The Bertz CT molecular complexity index is 420. The Kier molecular flexibility index (Phi) is 6.32. The number of hydrogen-bond donors (Lipinski definition) is 0. The Morgan fingerprint density at radius 1 is 1.37 bits per heavy atom. The van der Waals surface area contributed by atoms with Gasteiger partial charge in [-0.3, -0.25) is 4.79 Å². The van der Waals surface area contributed by atoms with E-state index in [2.05, 4.69) is 11.8 Å². The van der Waals surface area contributed by atoms with Crippen LogP contribution < -0.4 is 0 Å². The number of benzene rings is 1. The van der Waals surface area contributed by atoms with E-state index in [9.17, 15) is 4.79 Å². The van der Waals surface area contributed by atoms with E-state index >= 15 is 0 Å². The molecule has 1 rings (SSSR count). The Morgan fingerprint density at radius 3 is 2.58 bits per heavy atom. The summed E-state index contributed by atoms with van der Waals surface area (Å²) in [6.45, 7) is 5.65. The fraction of sp³-hybridized carbons (Fsp3) is 0.533. The first-order valence-corrected chi connectivity index (χ1v) is 7.13. The van der Waals surface area contributed by atoms with Crippen molar-refractivity contribution in [3.8, 4) is 0 Å². The van der Waals surface area contributed by atoms with Crippen molar-refractivity contribution in [3.63, 3.8) is 0 Å². The molecule has 0 aromatic heterocycles. The summed E-state index contributed by atoms with van der Waals surface area (Å²) in [6.07, 6.45) is 0. The van der Waals surface area contributed by atoms with Gasteiger partial charge < -0.3 is 9.80 Å². The highest BCUT2D eigenvalue weighted by molar-refractivity contribution is 6.17. The van der Waals surface area contributed by atoms with Crippen molar-refractivity contribution in [2.45, 2.75) is 25.8 Å². The molecular formula is C15H23ClN2O. The zero-order valence-electron chi connectivity index (χ0n) is 12.2. The molecule has 0 saturated heterocycles. The van der Waals surface area contributed by atoms with Crippen LogP contribution in [0.4, 0.5) is 0 Å². The van der Waals surface area contributed by atoms with E-state index in [1.807, 2.05) is 50.2 Å². The summed E-state index contributed by atoms with van der Waals surface area (Å²) in [7, 11) is 4.03. The van der Waals surface area contributed by atoms with Crippen molar-refractivity contribution in [2.24, 2.45) is 0 Å². The average molecular weight is 283 g/mol. The lowest BCUT2D eigenvalue weighted by Gasteiger charge is -2.30. The highest BCUT2D eigenvalue weighted by Gasteiger charge is 2.20. The molecule has 1 amide bonds. The van der Waals surface area contributed by atoms with Crippen LogP contribution in [0.2, 0.25) is 0 Å². The minimum absolute atomic E-state index is 0.0730. The van der Waals surface area contributed by atoms with Gasteiger partial charge >= 0.3 is 0 Å². The van der Waals surface area contributed by atoms with E-state index in [4.69, 9.17) is 11.6 Å². The van der Waals surface area contributed by atoms with Crippen molar-refractivity contribution in [1.82, 2.24) is 9.80 Å². The third-order valence-corrected chi connectivity index (χ3v) is 3.40.